The van der Waals surface area contributed by atoms with E-state index >= 15 is 0 Å². The van der Waals surface area contributed by atoms with E-state index in [-0.39, 0.29) is 16.4 Å². The Kier molecular flexibility index (Phi) is 6.55. The monoisotopic (exact) mass is 470 g/mol. The zero-order valence-corrected chi connectivity index (χ0v) is 19.0. The molecule has 0 aliphatic rings. The summed E-state index contributed by atoms with van der Waals surface area (Å²) < 4.78 is 6.86. The summed E-state index contributed by atoms with van der Waals surface area (Å²) in [6.07, 6.45) is 0. The molecule has 1 aromatic heterocycles. The van der Waals surface area contributed by atoms with Crippen molar-refractivity contribution in [3.8, 4) is 11.3 Å². The number of rotatable bonds is 4. The van der Waals surface area contributed by atoms with Crippen LogP contribution in [0.25, 0.3) is 11.3 Å². The largest absolute Gasteiger partial charge is 0.459 e. The molecule has 4 nitrogen and oxygen atoms in total. The van der Waals surface area contributed by atoms with Crippen molar-refractivity contribution in [2.75, 3.05) is 0 Å². The lowest BCUT2D eigenvalue weighted by Crippen LogP contribution is -2.38. The molecule has 0 saturated heterocycles. The third-order valence-electron chi connectivity index (χ3n) is 4.45. The zero-order chi connectivity index (χ0) is 21.0. The number of thiocarbonyl (C=S) groups is 1. The smallest absolute Gasteiger partial charge is 0.257 e. The molecule has 2 N–H and O–H groups in total. The van der Waals surface area contributed by atoms with E-state index in [9.17, 15) is 4.79 Å². The normalized spacial score (nSPS) is 11.2. The van der Waals surface area contributed by atoms with Crippen LogP contribution in [0, 0.1) is 0 Å². The summed E-state index contributed by atoms with van der Waals surface area (Å²) in [5, 5.41) is 5.97. The molecule has 0 bridgehead atoms. The van der Waals surface area contributed by atoms with Gasteiger partial charge in [0.05, 0.1) is 6.54 Å². The van der Waals surface area contributed by atoms with Crippen LogP contribution in [0.15, 0.2) is 69.6 Å². The van der Waals surface area contributed by atoms with Crippen LogP contribution >= 0.6 is 28.1 Å². The van der Waals surface area contributed by atoms with Gasteiger partial charge in [-0.2, -0.15) is 0 Å². The maximum atomic E-state index is 12.4. The summed E-state index contributed by atoms with van der Waals surface area (Å²) in [6.45, 7) is 6.80. The lowest BCUT2D eigenvalue weighted by molar-refractivity contribution is 0.0976. The average Bonchev–Trinajstić information content (AvgIpc) is 3.15. The zero-order valence-electron chi connectivity index (χ0n) is 16.6. The van der Waals surface area contributed by atoms with Crippen molar-refractivity contribution < 1.29 is 9.21 Å². The molecular weight excluding hydrogens is 448 g/mol. The van der Waals surface area contributed by atoms with Crippen molar-refractivity contribution >= 4 is 39.2 Å². The van der Waals surface area contributed by atoms with E-state index in [1.54, 1.807) is 0 Å². The molecule has 6 heteroatoms. The molecule has 3 rings (SSSR count). The van der Waals surface area contributed by atoms with Gasteiger partial charge in [0, 0.05) is 15.6 Å². The standard InChI is InChI=1S/C23H23BrN2O2S/c1-23(2,3)17-8-4-16(5-9-17)21(27)26-22(29)25-14-19-12-13-20(28-19)15-6-10-18(24)11-7-15/h4-13H,14H2,1-3H3,(H2,25,26,27,29). The second-order valence-corrected chi connectivity index (χ2v) is 9.06. The molecule has 0 aliphatic heterocycles. The number of carbonyl (C=O) groups excluding carboxylic acids is 1. The van der Waals surface area contributed by atoms with Crippen LogP contribution in [0.4, 0.5) is 0 Å². The van der Waals surface area contributed by atoms with Crippen molar-refractivity contribution in [1.29, 1.82) is 0 Å². The average molecular weight is 471 g/mol. The van der Waals surface area contributed by atoms with Crippen LogP contribution < -0.4 is 10.6 Å². The second-order valence-electron chi connectivity index (χ2n) is 7.74. The second kappa shape index (κ2) is 8.93. The van der Waals surface area contributed by atoms with Gasteiger partial charge in [0.1, 0.15) is 11.5 Å². The maximum Gasteiger partial charge on any atom is 0.257 e. The third kappa shape index (κ3) is 5.78. The van der Waals surface area contributed by atoms with Gasteiger partial charge in [-0.15, -0.1) is 0 Å². The first-order valence-corrected chi connectivity index (χ1v) is 10.5. The van der Waals surface area contributed by atoms with Crippen LogP contribution in [0.1, 0.15) is 42.5 Å². The fourth-order valence-corrected chi connectivity index (χ4v) is 3.18. The molecule has 0 aliphatic carbocycles. The van der Waals surface area contributed by atoms with E-state index < -0.39 is 0 Å². The summed E-state index contributed by atoms with van der Waals surface area (Å²) in [6, 6.07) is 19.3. The summed E-state index contributed by atoms with van der Waals surface area (Å²) >= 11 is 8.66. The number of amides is 1. The SMILES string of the molecule is CC(C)(C)c1ccc(C(=O)NC(=S)NCc2ccc(-c3ccc(Br)cc3)o2)cc1. The highest BCUT2D eigenvalue weighted by atomic mass is 79.9. The van der Waals surface area contributed by atoms with E-state index in [1.807, 2.05) is 60.7 Å². The van der Waals surface area contributed by atoms with Gasteiger partial charge < -0.3 is 9.73 Å². The van der Waals surface area contributed by atoms with Crippen molar-refractivity contribution in [2.45, 2.75) is 32.7 Å². The molecule has 0 saturated carbocycles. The molecule has 29 heavy (non-hydrogen) atoms. The highest BCUT2D eigenvalue weighted by molar-refractivity contribution is 9.10. The lowest BCUT2D eigenvalue weighted by Gasteiger charge is -2.19. The van der Waals surface area contributed by atoms with Crippen LogP contribution in [0.5, 0.6) is 0 Å². The Morgan fingerprint density at radius 3 is 2.28 bits per heavy atom. The van der Waals surface area contributed by atoms with Crippen LogP contribution in [-0.2, 0) is 12.0 Å². The minimum absolute atomic E-state index is 0.0456. The van der Waals surface area contributed by atoms with Gasteiger partial charge in [-0.25, -0.2) is 0 Å². The predicted octanol–water partition coefficient (Wildman–Crippen LogP) is 5.81. The molecule has 2 aromatic carbocycles. The van der Waals surface area contributed by atoms with E-state index in [4.69, 9.17) is 16.6 Å². The summed E-state index contributed by atoms with van der Waals surface area (Å²) in [4.78, 5) is 12.4. The van der Waals surface area contributed by atoms with Gasteiger partial charge in [0.2, 0.25) is 0 Å². The van der Waals surface area contributed by atoms with Crippen molar-refractivity contribution in [1.82, 2.24) is 10.6 Å². The highest BCUT2D eigenvalue weighted by Crippen LogP contribution is 2.24. The third-order valence-corrected chi connectivity index (χ3v) is 5.23. The number of benzene rings is 2. The van der Waals surface area contributed by atoms with Crippen LogP contribution in [-0.4, -0.2) is 11.0 Å². The number of nitrogens with one attached hydrogen (secondary N) is 2. The first-order chi connectivity index (χ1) is 13.7. The Hall–Kier alpha value is -2.44. The van der Waals surface area contributed by atoms with E-state index in [1.165, 1.54) is 5.56 Å². The number of carbonyl (C=O) groups is 1. The molecule has 150 valence electrons. The molecule has 0 spiro atoms. The van der Waals surface area contributed by atoms with Gasteiger partial charge in [-0.05, 0) is 59.6 Å². The van der Waals surface area contributed by atoms with E-state index in [2.05, 4.69) is 47.3 Å². The minimum Gasteiger partial charge on any atom is -0.459 e. The molecular formula is C23H23BrN2O2S. The van der Waals surface area contributed by atoms with Crippen molar-refractivity contribution in [2.24, 2.45) is 0 Å². The van der Waals surface area contributed by atoms with Crippen LogP contribution in [0.2, 0.25) is 0 Å². The number of halogens is 1. The quantitative estimate of drug-likeness (QED) is 0.472. The summed E-state index contributed by atoms with van der Waals surface area (Å²) in [7, 11) is 0. The fourth-order valence-electron chi connectivity index (χ4n) is 2.75. The molecule has 0 radical (unpaired) electrons. The number of furan rings is 1. The molecule has 0 unspecified atom stereocenters. The van der Waals surface area contributed by atoms with Gasteiger partial charge in [0.25, 0.3) is 5.91 Å². The van der Waals surface area contributed by atoms with Crippen molar-refractivity contribution in [3.63, 3.8) is 0 Å². The number of hydrogen-bond donors (Lipinski definition) is 2. The summed E-state index contributed by atoms with van der Waals surface area (Å²) in [5.74, 6) is 1.27. The Bertz CT molecular complexity index is 1000. The minimum atomic E-state index is -0.238. The molecule has 0 atom stereocenters. The van der Waals surface area contributed by atoms with E-state index in [0.717, 1.165) is 21.6 Å². The van der Waals surface area contributed by atoms with Crippen molar-refractivity contribution in [3.05, 3.63) is 82.0 Å². The van der Waals surface area contributed by atoms with Gasteiger partial charge in [0.15, 0.2) is 5.11 Å². The molecule has 3 aromatic rings. The fraction of sp³-hybridized carbons (Fsp3) is 0.217. The lowest BCUT2D eigenvalue weighted by atomic mass is 9.87. The summed E-state index contributed by atoms with van der Waals surface area (Å²) in [5.41, 5.74) is 2.78. The maximum absolute atomic E-state index is 12.4. The first-order valence-electron chi connectivity index (χ1n) is 9.27. The molecule has 1 heterocycles. The van der Waals surface area contributed by atoms with E-state index in [0.29, 0.717) is 12.1 Å². The highest BCUT2D eigenvalue weighted by Gasteiger charge is 2.15. The molecule has 0 fully saturated rings. The Balaban J connectivity index is 1.53. The number of hydrogen-bond acceptors (Lipinski definition) is 3. The van der Waals surface area contributed by atoms with Crippen LogP contribution in [0.3, 0.4) is 0 Å². The Morgan fingerprint density at radius 1 is 1.00 bits per heavy atom. The van der Waals surface area contributed by atoms with Gasteiger partial charge >= 0.3 is 0 Å². The topological polar surface area (TPSA) is 54.3 Å². The first kappa shape index (κ1) is 21.3. The van der Waals surface area contributed by atoms with Gasteiger partial charge in [-0.1, -0.05) is 61.0 Å². The Labute approximate surface area is 184 Å². The molecule has 1 amide bonds. The predicted molar refractivity (Wildman–Crippen MR) is 124 cm³/mol. The van der Waals surface area contributed by atoms with Gasteiger partial charge in [-0.3, -0.25) is 10.1 Å². The Morgan fingerprint density at radius 2 is 1.66 bits per heavy atom.